The molecule has 2 atom stereocenters. The maximum absolute atomic E-state index is 5.90. The number of ether oxygens (including phenoxy) is 1. The summed E-state index contributed by atoms with van der Waals surface area (Å²) in [7, 11) is 0. The number of hydrogen-bond donors (Lipinski definition) is 1. The van der Waals surface area contributed by atoms with Gasteiger partial charge in [-0.3, -0.25) is 0 Å². The Balaban J connectivity index is 1.76. The maximum atomic E-state index is 5.90. The van der Waals surface area contributed by atoms with E-state index in [4.69, 9.17) is 4.74 Å². The predicted octanol–water partition coefficient (Wildman–Crippen LogP) is 2.41. The summed E-state index contributed by atoms with van der Waals surface area (Å²) in [5, 5.41) is 3.50. The number of nitrogens with one attached hydrogen (secondary N) is 1. The molecule has 2 aromatic rings. The van der Waals surface area contributed by atoms with Gasteiger partial charge in [0.2, 0.25) is 0 Å². The van der Waals surface area contributed by atoms with Crippen LogP contribution in [0.4, 0.5) is 0 Å². The van der Waals surface area contributed by atoms with Crippen molar-refractivity contribution in [2.45, 2.75) is 25.9 Å². The molecule has 1 aliphatic heterocycles. The quantitative estimate of drug-likeness (QED) is 0.838. The predicted molar refractivity (Wildman–Crippen MR) is 75.2 cm³/mol. The van der Waals surface area contributed by atoms with Crippen molar-refractivity contribution in [3.05, 3.63) is 36.3 Å². The van der Waals surface area contributed by atoms with E-state index in [0.717, 1.165) is 37.5 Å². The average molecular weight is 259 g/mol. The molecule has 0 amide bonds. The Kier molecular flexibility index (Phi) is 3.80. The van der Waals surface area contributed by atoms with Gasteiger partial charge in [0.1, 0.15) is 11.8 Å². The Hall–Kier alpha value is -1.39. The molecule has 3 rings (SSSR count). The summed E-state index contributed by atoms with van der Waals surface area (Å²) in [6.45, 7) is 5.13. The number of nitrogens with zero attached hydrogens (tertiary/aromatic N) is 2. The normalized spacial score (nSPS) is 23.2. The number of hydrogen-bond acceptors (Lipinski definition) is 3. The zero-order valence-electron chi connectivity index (χ0n) is 11.4. The Bertz CT molecular complexity index is 504. The van der Waals surface area contributed by atoms with Crippen molar-refractivity contribution < 1.29 is 4.74 Å². The van der Waals surface area contributed by atoms with Crippen LogP contribution in [0.5, 0.6) is 0 Å². The lowest BCUT2D eigenvalue weighted by Gasteiger charge is -2.16. The SMILES string of the molecule is CCCNCC1CCOC1c1cn2ccccc2n1. The van der Waals surface area contributed by atoms with Gasteiger partial charge in [-0.25, -0.2) is 4.98 Å². The number of aromatic nitrogens is 2. The van der Waals surface area contributed by atoms with E-state index in [1.807, 2.05) is 24.4 Å². The summed E-state index contributed by atoms with van der Waals surface area (Å²) in [5.74, 6) is 0.538. The van der Waals surface area contributed by atoms with Crippen LogP contribution in [0.3, 0.4) is 0 Å². The molecule has 0 radical (unpaired) electrons. The van der Waals surface area contributed by atoms with Gasteiger partial charge in [0.25, 0.3) is 0 Å². The van der Waals surface area contributed by atoms with Crippen LogP contribution >= 0.6 is 0 Å². The fourth-order valence-corrected chi connectivity index (χ4v) is 2.73. The second-order valence-electron chi connectivity index (χ2n) is 5.18. The molecule has 0 bridgehead atoms. The third kappa shape index (κ3) is 2.65. The summed E-state index contributed by atoms with van der Waals surface area (Å²) >= 11 is 0. The lowest BCUT2D eigenvalue weighted by molar-refractivity contribution is 0.0875. The van der Waals surface area contributed by atoms with Gasteiger partial charge in [-0.15, -0.1) is 0 Å². The average Bonchev–Trinajstić information content (AvgIpc) is 3.04. The van der Waals surface area contributed by atoms with E-state index in [0.29, 0.717) is 5.92 Å². The topological polar surface area (TPSA) is 38.6 Å². The minimum Gasteiger partial charge on any atom is -0.371 e. The molecule has 4 nitrogen and oxygen atoms in total. The standard InChI is InChI=1S/C15H21N3O/c1-2-7-16-10-12-6-9-19-15(12)13-11-18-8-4-3-5-14(18)17-13/h3-5,8,11-12,15-16H,2,6-7,9-10H2,1H3. The summed E-state index contributed by atoms with van der Waals surface area (Å²) in [4.78, 5) is 4.68. The van der Waals surface area contributed by atoms with Gasteiger partial charge in [-0.1, -0.05) is 13.0 Å². The maximum Gasteiger partial charge on any atom is 0.137 e. The van der Waals surface area contributed by atoms with Crippen LogP contribution in [0.15, 0.2) is 30.6 Å². The zero-order chi connectivity index (χ0) is 13.1. The molecule has 1 fully saturated rings. The van der Waals surface area contributed by atoms with E-state index in [2.05, 4.69) is 27.8 Å². The van der Waals surface area contributed by atoms with E-state index in [1.165, 1.54) is 6.42 Å². The smallest absolute Gasteiger partial charge is 0.137 e. The minimum absolute atomic E-state index is 0.143. The number of rotatable bonds is 5. The molecule has 3 heterocycles. The summed E-state index contributed by atoms with van der Waals surface area (Å²) in [6, 6.07) is 6.07. The van der Waals surface area contributed by atoms with Gasteiger partial charge in [0.15, 0.2) is 0 Å². The van der Waals surface area contributed by atoms with Gasteiger partial charge in [-0.05, 0) is 31.5 Å². The Morgan fingerprint density at radius 1 is 1.47 bits per heavy atom. The lowest BCUT2D eigenvalue weighted by Crippen LogP contribution is -2.25. The van der Waals surface area contributed by atoms with Gasteiger partial charge < -0.3 is 14.5 Å². The molecule has 102 valence electrons. The number of pyridine rings is 1. The van der Waals surface area contributed by atoms with E-state index in [1.54, 1.807) is 0 Å². The highest BCUT2D eigenvalue weighted by Crippen LogP contribution is 2.33. The zero-order valence-corrected chi connectivity index (χ0v) is 11.4. The molecule has 2 unspecified atom stereocenters. The Morgan fingerprint density at radius 2 is 2.42 bits per heavy atom. The molecule has 2 aromatic heterocycles. The highest BCUT2D eigenvalue weighted by atomic mass is 16.5. The molecular formula is C15H21N3O. The van der Waals surface area contributed by atoms with E-state index in [-0.39, 0.29) is 6.10 Å². The van der Waals surface area contributed by atoms with Crippen LogP contribution in [-0.2, 0) is 4.74 Å². The number of imidazole rings is 1. The van der Waals surface area contributed by atoms with Crippen molar-refractivity contribution >= 4 is 5.65 Å². The molecule has 1 aliphatic rings. The summed E-state index contributed by atoms with van der Waals surface area (Å²) in [5.41, 5.74) is 2.06. The van der Waals surface area contributed by atoms with Crippen LogP contribution in [0.25, 0.3) is 5.65 Å². The van der Waals surface area contributed by atoms with Crippen LogP contribution in [0.1, 0.15) is 31.6 Å². The minimum atomic E-state index is 0.143. The number of fused-ring (bicyclic) bond motifs is 1. The first-order valence-electron chi connectivity index (χ1n) is 7.14. The van der Waals surface area contributed by atoms with Crippen molar-refractivity contribution in [3.8, 4) is 0 Å². The Labute approximate surface area is 113 Å². The van der Waals surface area contributed by atoms with E-state index >= 15 is 0 Å². The first-order chi connectivity index (χ1) is 9.38. The molecular weight excluding hydrogens is 238 g/mol. The van der Waals surface area contributed by atoms with Crippen LogP contribution < -0.4 is 5.32 Å². The van der Waals surface area contributed by atoms with Crippen molar-refractivity contribution in [2.75, 3.05) is 19.7 Å². The third-order valence-electron chi connectivity index (χ3n) is 3.72. The summed E-state index contributed by atoms with van der Waals surface area (Å²) < 4.78 is 7.96. The van der Waals surface area contributed by atoms with Gasteiger partial charge in [-0.2, -0.15) is 0 Å². The van der Waals surface area contributed by atoms with Crippen molar-refractivity contribution in [3.63, 3.8) is 0 Å². The van der Waals surface area contributed by atoms with Crippen LogP contribution in [0, 0.1) is 5.92 Å². The van der Waals surface area contributed by atoms with Gasteiger partial charge in [0.05, 0.1) is 5.69 Å². The van der Waals surface area contributed by atoms with Crippen LogP contribution in [-0.4, -0.2) is 29.1 Å². The molecule has 0 saturated carbocycles. The molecule has 0 aromatic carbocycles. The highest BCUT2D eigenvalue weighted by molar-refractivity contribution is 5.40. The molecule has 19 heavy (non-hydrogen) atoms. The van der Waals surface area contributed by atoms with Crippen LogP contribution in [0.2, 0.25) is 0 Å². The monoisotopic (exact) mass is 259 g/mol. The van der Waals surface area contributed by atoms with Gasteiger partial charge in [0, 0.05) is 31.5 Å². The van der Waals surface area contributed by atoms with E-state index < -0.39 is 0 Å². The molecule has 4 heteroatoms. The first-order valence-corrected chi connectivity index (χ1v) is 7.14. The van der Waals surface area contributed by atoms with Crippen molar-refractivity contribution in [1.82, 2.24) is 14.7 Å². The molecule has 0 aliphatic carbocycles. The third-order valence-corrected chi connectivity index (χ3v) is 3.72. The Morgan fingerprint density at radius 3 is 3.26 bits per heavy atom. The largest absolute Gasteiger partial charge is 0.371 e. The second-order valence-corrected chi connectivity index (χ2v) is 5.18. The van der Waals surface area contributed by atoms with Gasteiger partial charge >= 0.3 is 0 Å². The van der Waals surface area contributed by atoms with E-state index in [9.17, 15) is 0 Å². The molecule has 0 spiro atoms. The van der Waals surface area contributed by atoms with Crippen molar-refractivity contribution in [1.29, 1.82) is 0 Å². The fraction of sp³-hybridized carbons (Fsp3) is 0.533. The summed E-state index contributed by atoms with van der Waals surface area (Å²) in [6.07, 6.45) is 6.56. The van der Waals surface area contributed by atoms with Crippen molar-refractivity contribution in [2.24, 2.45) is 5.92 Å². The first kappa shape index (κ1) is 12.6. The highest BCUT2D eigenvalue weighted by Gasteiger charge is 2.31. The molecule has 1 N–H and O–H groups in total. The fourth-order valence-electron chi connectivity index (χ4n) is 2.73. The second kappa shape index (κ2) is 5.72. The molecule has 1 saturated heterocycles. The lowest BCUT2D eigenvalue weighted by atomic mass is 9.99.